The molecule has 0 unspecified atom stereocenters. The van der Waals surface area contributed by atoms with Crippen LogP contribution in [0.4, 0.5) is 5.69 Å². The maximum absolute atomic E-state index is 5.38. The van der Waals surface area contributed by atoms with Crippen LogP contribution in [0.3, 0.4) is 0 Å². The van der Waals surface area contributed by atoms with Crippen molar-refractivity contribution in [2.24, 2.45) is 0 Å². The second-order valence-corrected chi connectivity index (χ2v) is 5.64. The van der Waals surface area contributed by atoms with Crippen LogP contribution < -0.4 is 14.8 Å². The number of nitrogens with one attached hydrogen (secondary N) is 1. The topological polar surface area (TPSA) is 30.5 Å². The normalized spacial score (nSPS) is 10.2. The molecule has 4 heteroatoms. The number of hydrogen-bond donors (Lipinski definition) is 1. The van der Waals surface area contributed by atoms with E-state index in [1.54, 1.807) is 14.2 Å². The van der Waals surface area contributed by atoms with Crippen molar-refractivity contribution in [3.63, 3.8) is 0 Å². The summed E-state index contributed by atoms with van der Waals surface area (Å²) in [7, 11) is 3.32. The third-order valence-corrected chi connectivity index (χ3v) is 3.92. The van der Waals surface area contributed by atoms with Crippen LogP contribution in [0.25, 0.3) is 0 Å². The standard InChI is InChI=1S/C16H18INO2/c1-11-6-4-5-7-14(11)18-10-12-8-13(17)16(20-3)15(9-12)19-2/h4-9,18H,10H2,1-3H3. The molecule has 0 saturated heterocycles. The molecule has 0 atom stereocenters. The zero-order valence-electron chi connectivity index (χ0n) is 11.9. The van der Waals surface area contributed by atoms with Gasteiger partial charge < -0.3 is 14.8 Å². The third kappa shape index (κ3) is 3.36. The third-order valence-electron chi connectivity index (χ3n) is 3.12. The highest BCUT2D eigenvalue weighted by Crippen LogP contribution is 2.33. The van der Waals surface area contributed by atoms with Crippen molar-refractivity contribution in [2.45, 2.75) is 13.5 Å². The zero-order chi connectivity index (χ0) is 14.5. The number of hydrogen-bond acceptors (Lipinski definition) is 3. The van der Waals surface area contributed by atoms with Crippen LogP contribution in [-0.4, -0.2) is 14.2 Å². The number of rotatable bonds is 5. The number of halogens is 1. The summed E-state index contributed by atoms with van der Waals surface area (Å²) in [5.74, 6) is 1.55. The number of para-hydroxylation sites is 1. The van der Waals surface area contributed by atoms with Gasteiger partial charge in [0.05, 0.1) is 17.8 Å². The van der Waals surface area contributed by atoms with E-state index in [9.17, 15) is 0 Å². The molecule has 3 nitrogen and oxygen atoms in total. The van der Waals surface area contributed by atoms with Crippen LogP contribution in [-0.2, 0) is 6.54 Å². The Kier molecular flexibility index (Phi) is 5.11. The molecular formula is C16H18INO2. The molecular weight excluding hydrogens is 365 g/mol. The van der Waals surface area contributed by atoms with Crippen LogP contribution in [0.15, 0.2) is 36.4 Å². The van der Waals surface area contributed by atoms with Gasteiger partial charge in [-0.25, -0.2) is 0 Å². The Bertz CT molecular complexity index is 599. The van der Waals surface area contributed by atoms with Gasteiger partial charge in [-0.3, -0.25) is 0 Å². The summed E-state index contributed by atoms with van der Waals surface area (Å²) in [6.45, 7) is 2.85. The molecule has 0 aliphatic carbocycles. The predicted octanol–water partition coefficient (Wildman–Crippen LogP) is 4.23. The molecule has 20 heavy (non-hydrogen) atoms. The monoisotopic (exact) mass is 383 g/mol. The number of methoxy groups -OCH3 is 2. The molecule has 106 valence electrons. The first-order chi connectivity index (χ1) is 9.65. The van der Waals surface area contributed by atoms with E-state index < -0.39 is 0 Å². The van der Waals surface area contributed by atoms with Gasteiger partial charge in [-0.05, 0) is 58.8 Å². The summed E-state index contributed by atoms with van der Waals surface area (Å²) in [4.78, 5) is 0. The van der Waals surface area contributed by atoms with Crippen LogP contribution in [0, 0.1) is 10.5 Å². The van der Waals surface area contributed by atoms with E-state index in [1.807, 2.05) is 18.2 Å². The molecule has 1 N–H and O–H groups in total. The average Bonchev–Trinajstić information content (AvgIpc) is 2.45. The van der Waals surface area contributed by atoms with Gasteiger partial charge in [0.25, 0.3) is 0 Å². The highest BCUT2D eigenvalue weighted by atomic mass is 127. The van der Waals surface area contributed by atoms with E-state index in [0.717, 1.165) is 32.9 Å². The number of benzene rings is 2. The first kappa shape index (κ1) is 15.0. The molecule has 2 aromatic rings. The average molecular weight is 383 g/mol. The van der Waals surface area contributed by atoms with Crippen molar-refractivity contribution in [3.05, 3.63) is 51.1 Å². The lowest BCUT2D eigenvalue weighted by Gasteiger charge is -2.13. The van der Waals surface area contributed by atoms with Crippen molar-refractivity contribution in [3.8, 4) is 11.5 Å². The van der Waals surface area contributed by atoms with Gasteiger partial charge in [-0.15, -0.1) is 0 Å². The Labute approximate surface area is 133 Å². The summed E-state index contributed by atoms with van der Waals surface area (Å²) < 4.78 is 11.8. The minimum Gasteiger partial charge on any atom is -0.493 e. The van der Waals surface area contributed by atoms with E-state index in [2.05, 4.69) is 53.0 Å². The fraction of sp³-hybridized carbons (Fsp3) is 0.250. The number of ether oxygens (including phenoxy) is 2. The molecule has 0 aliphatic heterocycles. The van der Waals surface area contributed by atoms with E-state index in [-0.39, 0.29) is 0 Å². The molecule has 2 rings (SSSR count). The molecule has 0 radical (unpaired) electrons. The summed E-state index contributed by atoms with van der Waals surface area (Å²) in [5.41, 5.74) is 3.55. The molecule has 0 fully saturated rings. The molecule has 0 amide bonds. The van der Waals surface area contributed by atoms with Crippen molar-refractivity contribution in [2.75, 3.05) is 19.5 Å². The summed E-state index contributed by atoms with van der Waals surface area (Å²) in [5, 5.41) is 3.45. The smallest absolute Gasteiger partial charge is 0.174 e. The summed E-state index contributed by atoms with van der Waals surface area (Å²) in [6.07, 6.45) is 0. The van der Waals surface area contributed by atoms with Crippen molar-refractivity contribution in [1.29, 1.82) is 0 Å². The predicted molar refractivity (Wildman–Crippen MR) is 90.8 cm³/mol. The highest BCUT2D eigenvalue weighted by Gasteiger charge is 2.10. The van der Waals surface area contributed by atoms with E-state index >= 15 is 0 Å². The van der Waals surface area contributed by atoms with E-state index in [4.69, 9.17) is 9.47 Å². The second kappa shape index (κ2) is 6.83. The van der Waals surface area contributed by atoms with Crippen molar-refractivity contribution >= 4 is 28.3 Å². The molecule has 0 bridgehead atoms. The highest BCUT2D eigenvalue weighted by molar-refractivity contribution is 14.1. The minimum absolute atomic E-state index is 0.751. The first-order valence-electron chi connectivity index (χ1n) is 6.35. The minimum atomic E-state index is 0.751. The number of anilines is 1. The van der Waals surface area contributed by atoms with Gasteiger partial charge in [0.2, 0.25) is 0 Å². The van der Waals surface area contributed by atoms with Gasteiger partial charge in [-0.1, -0.05) is 18.2 Å². The second-order valence-electron chi connectivity index (χ2n) is 4.48. The van der Waals surface area contributed by atoms with E-state index in [1.165, 1.54) is 5.56 Å². The lowest BCUT2D eigenvalue weighted by Crippen LogP contribution is -2.03. The Hall–Kier alpha value is -1.43. The maximum atomic E-state index is 5.38. The summed E-state index contributed by atoms with van der Waals surface area (Å²) in [6, 6.07) is 12.4. The van der Waals surface area contributed by atoms with Gasteiger partial charge >= 0.3 is 0 Å². The zero-order valence-corrected chi connectivity index (χ0v) is 14.0. The Morgan fingerprint density at radius 2 is 1.85 bits per heavy atom. The van der Waals surface area contributed by atoms with Crippen LogP contribution in [0.5, 0.6) is 11.5 Å². The van der Waals surface area contributed by atoms with Gasteiger partial charge in [0.15, 0.2) is 11.5 Å². The Morgan fingerprint density at radius 1 is 1.10 bits per heavy atom. The molecule has 0 spiro atoms. The lowest BCUT2D eigenvalue weighted by molar-refractivity contribution is 0.352. The van der Waals surface area contributed by atoms with E-state index in [0.29, 0.717) is 0 Å². The quantitative estimate of drug-likeness (QED) is 0.784. The van der Waals surface area contributed by atoms with Crippen LogP contribution in [0.2, 0.25) is 0 Å². The molecule has 0 aromatic heterocycles. The van der Waals surface area contributed by atoms with Crippen molar-refractivity contribution < 1.29 is 9.47 Å². The molecule has 0 saturated carbocycles. The SMILES string of the molecule is COc1cc(CNc2ccccc2C)cc(I)c1OC. The molecule has 0 heterocycles. The summed E-state index contributed by atoms with van der Waals surface area (Å²) >= 11 is 2.26. The number of aryl methyl sites for hydroxylation is 1. The molecule has 0 aliphatic rings. The Balaban J connectivity index is 2.18. The van der Waals surface area contributed by atoms with Gasteiger partial charge in [-0.2, -0.15) is 0 Å². The molecule has 2 aromatic carbocycles. The van der Waals surface area contributed by atoms with Crippen molar-refractivity contribution in [1.82, 2.24) is 0 Å². The first-order valence-corrected chi connectivity index (χ1v) is 7.43. The Morgan fingerprint density at radius 3 is 2.50 bits per heavy atom. The fourth-order valence-corrected chi connectivity index (χ4v) is 2.93. The van der Waals surface area contributed by atoms with Crippen LogP contribution >= 0.6 is 22.6 Å². The maximum Gasteiger partial charge on any atom is 0.174 e. The van der Waals surface area contributed by atoms with Crippen LogP contribution in [0.1, 0.15) is 11.1 Å². The lowest BCUT2D eigenvalue weighted by atomic mass is 10.1. The largest absolute Gasteiger partial charge is 0.493 e. The van der Waals surface area contributed by atoms with Gasteiger partial charge in [0.1, 0.15) is 0 Å². The fourth-order valence-electron chi connectivity index (χ4n) is 2.04. The van der Waals surface area contributed by atoms with Gasteiger partial charge in [0, 0.05) is 12.2 Å².